The van der Waals surface area contributed by atoms with E-state index in [4.69, 9.17) is 23.2 Å². The predicted octanol–water partition coefficient (Wildman–Crippen LogP) is 3.05. The van der Waals surface area contributed by atoms with Gasteiger partial charge in [0, 0.05) is 6.42 Å². The second-order valence-corrected chi connectivity index (χ2v) is 4.26. The molecule has 0 N–H and O–H groups in total. The fraction of sp³-hybridized carbons (Fsp3) is 0.250. The third-order valence-corrected chi connectivity index (χ3v) is 2.69. The van der Waals surface area contributed by atoms with E-state index >= 15 is 0 Å². The van der Waals surface area contributed by atoms with Crippen LogP contribution in [0.4, 0.5) is 0 Å². The zero-order valence-corrected chi connectivity index (χ0v) is 11.0. The zero-order chi connectivity index (χ0) is 13.7. The van der Waals surface area contributed by atoms with Crippen LogP contribution in [0.2, 0.25) is 10.0 Å². The van der Waals surface area contributed by atoms with Gasteiger partial charge in [0.05, 0.1) is 15.6 Å². The monoisotopic (exact) mass is 288 g/mol. The Morgan fingerprint density at radius 1 is 1.17 bits per heavy atom. The van der Waals surface area contributed by atoms with Crippen LogP contribution in [0, 0.1) is 0 Å². The summed E-state index contributed by atoms with van der Waals surface area (Å²) in [6, 6.07) is 4.41. The summed E-state index contributed by atoms with van der Waals surface area (Å²) in [4.78, 5) is 34.1. The van der Waals surface area contributed by atoms with Crippen LogP contribution in [-0.2, 0) is 14.3 Å². The van der Waals surface area contributed by atoms with Gasteiger partial charge in [0.15, 0.2) is 0 Å². The molecule has 96 valence electrons. The number of ether oxygens (including phenoxy) is 1. The molecule has 1 aromatic carbocycles. The van der Waals surface area contributed by atoms with Crippen LogP contribution >= 0.6 is 23.2 Å². The summed E-state index contributed by atoms with van der Waals surface area (Å²) in [7, 11) is 0. The van der Waals surface area contributed by atoms with Crippen LogP contribution in [0.1, 0.15) is 30.1 Å². The summed E-state index contributed by atoms with van der Waals surface area (Å²) in [5.41, 5.74) is -0.126. The van der Waals surface area contributed by atoms with E-state index in [-0.39, 0.29) is 22.0 Å². The van der Waals surface area contributed by atoms with Crippen LogP contribution < -0.4 is 0 Å². The molecule has 0 aliphatic rings. The van der Waals surface area contributed by atoms with Gasteiger partial charge < -0.3 is 4.74 Å². The number of hydrogen-bond acceptors (Lipinski definition) is 4. The molecule has 0 aliphatic heterocycles. The van der Waals surface area contributed by atoms with E-state index in [9.17, 15) is 14.4 Å². The Kier molecular flexibility index (Phi) is 5.31. The number of hydrogen-bond donors (Lipinski definition) is 0. The minimum Gasteiger partial charge on any atom is -0.383 e. The summed E-state index contributed by atoms with van der Waals surface area (Å²) in [6.07, 6.45) is 0.525. The SMILES string of the molecule is CCCC(=O)C(=O)OC(=O)c1c(Cl)cccc1Cl. The summed E-state index contributed by atoms with van der Waals surface area (Å²) >= 11 is 11.5. The molecule has 0 saturated carbocycles. The van der Waals surface area contributed by atoms with E-state index < -0.39 is 17.7 Å². The Morgan fingerprint density at radius 2 is 1.72 bits per heavy atom. The molecule has 0 heterocycles. The summed E-state index contributed by atoms with van der Waals surface area (Å²) in [5, 5.41) is 0.117. The average Bonchev–Trinajstić information content (AvgIpc) is 2.28. The van der Waals surface area contributed by atoms with E-state index in [1.165, 1.54) is 12.1 Å². The molecular weight excluding hydrogens is 279 g/mol. The molecule has 0 radical (unpaired) electrons. The Morgan fingerprint density at radius 3 is 2.22 bits per heavy atom. The highest BCUT2D eigenvalue weighted by molar-refractivity contribution is 6.41. The number of Topliss-reactive ketones (excluding diaryl/α,β-unsaturated/α-hetero) is 1. The van der Waals surface area contributed by atoms with Crippen LogP contribution in [0.5, 0.6) is 0 Å². The fourth-order valence-electron chi connectivity index (χ4n) is 1.21. The van der Waals surface area contributed by atoms with Crippen molar-refractivity contribution in [3.8, 4) is 0 Å². The highest BCUT2D eigenvalue weighted by Gasteiger charge is 2.23. The molecule has 0 aromatic heterocycles. The highest BCUT2D eigenvalue weighted by atomic mass is 35.5. The molecule has 0 amide bonds. The maximum atomic E-state index is 11.6. The third-order valence-electron chi connectivity index (χ3n) is 2.06. The average molecular weight is 289 g/mol. The molecule has 0 spiro atoms. The van der Waals surface area contributed by atoms with Gasteiger partial charge in [0.25, 0.3) is 0 Å². The lowest BCUT2D eigenvalue weighted by molar-refractivity contribution is -0.149. The quantitative estimate of drug-likeness (QED) is 0.485. The summed E-state index contributed by atoms with van der Waals surface area (Å²) < 4.78 is 4.42. The van der Waals surface area contributed by atoms with E-state index in [1.54, 1.807) is 13.0 Å². The lowest BCUT2D eigenvalue weighted by Gasteiger charge is -2.05. The summed E-state index contributed by atoms with van der Waals surface area (Å²) in [5.74, 6) is -2.98. The first-order chi connectivity index (χ1) is 8.47. The number of halogens is 2. The molecule has 0 fully saturated rings. The molecular formula is C12H10Cl2O4. The third kappa shape index (κ3) is 3.55. The van der Waals surface area contributed by atoms with E-state index in [2.05, 4.69) is 4.74 Å². The lowest BCUT2D eigenvalue weighted by atomic mass is 10.2. The number of ketones is 1. The lowest BCUT2D eigenvalue weighted by Crippen LogP contribution is -2.21. The van der Waals surface area contributed by atoms with Crippen molar-refractivity contribution < 1.29 is 19.1 Å². The van der Waals surface area contributed by atoms with Crippen molar-refractivity contribution in [2.75, 3.05) is 0 Å². The van der Waals surface area contributed by atoms with Crippen molar-refractivity contribution >= 4 is 40.9 Å². The van der Waals surface area contributed by atoms with Crippen molar-refractivity contribution in [2.24, 2.45) is 0 Å². The summed E-state index contributed by atoms with van der Waals surface area (Å²) in [6.45, 7) is 1.73. The van der Waals surface area contributed by atoms with Crippen molar-refractivity contribution in [3.05, 3.63) is 33.8 Å². The normalized spacial score (nSPS) is 9.94. The van der Waals surface area contributed by atoms with Crippen molar-refractivity contribution in [1.82, 2.24) is 0 Å². The topological polar surface area (TPSA) is 60.4 Å². The van der Waals surface area contributed by atoms with Gasteiger partial charge in [-0.3, -0.25) is 4.79 Å². The van der Waals surface area contributed by atoms with Crippen LogP contribution in [0.25, 0.3) is 0 Å². The van der Waals surface area contributed by atoms with Gasteiger partial charge in [-0.1, -0.05) is 36.2 Å². The van der Waals surface area contributed by atoms with Crippen molar-refractivity contribution in [1.29, 1.82) is 0 Å². The number of carbonyl (C=O) groups is 3. The Balaban J connectivity index is 2.83. The molecule has 4 nitrogen and oxygen atoms in total. The largest absolute Gasteiger partial charge is 0.383 e. The smallest absolute Gasteiger partial charge is 0.382 e. The number of rotatable bonds is 4. The van der Waals surface area contributed by atoms with Crippen LogP contribution in [0.3, 0.4) is 0 Å². The Labute approximate surface area is 114 Å². The molecule has 18 heavy (non-hydrogen) atoms. The molecule has 0 unspecified atom stereocenters. The van der Waals surface area contributed by atoms with Crippen LogP contribution in [0.15, 0.2) is 18.2 Å². The molecule has 0 aliphatic carbocycles. The second kappa shape index (κ2) is 6.52. The first-order valence-corrected chi connectivity index (χ1v) is 5.96. The maximum absolute atomic E-state index is 11.6. The minimum absolute atomic E-state index is 0.0301. The van der Waals surface area contributed by atoms with Gasteiger partial charge >= 0.3 is 11.9 Å². The van der Waals surface area contributed by atoms with Gasteiger partial charge in [-0.15, -0.1) is 0 Å². The first-order valence-electron chi connectivity index (χ1n) is 5.20. The van der Waals surface area contributed by atoms with Gasteiger partial charge in [-0.25, -0.2) is 9.59 Å². The van der Waals surface area contributed by atoms with Gasteiger partial charge in [-0.05, 0) is 18.6 Å². The minimum atomic E-state index is -1.20. The van der Waals surface area contributed by atoms with Gasteiger partial charge in [0.2, 0.25) is 5.78 Å². The molecule has 6 heteroatoms. The molecule has 1 aromatic rings. The van der Waals surface area contributed by atoms with E-state index in [1.807, 2.05) is 0 Å². The first kappa shape index (κ1) is 14.7. The Bertz CT molecular complexity index is 477. The van der Waals surface area contributed by atoms with Crippen LogP contribution in [-0.4, -0.2) is 17.7 Å². The molecule has 1 rings (SSSR count). The van der Waals surface area contributed by atoms with E-state index in [0.29, 0.717) is 6.42 Å². The van der Waals surface area contributed by atoms with Gasteiger partial charge in [-0.2, -0.15) is 0 Å². The number of carbonyl (C=O) groups excluding carboxylic acids is 3. The predicted molar refractivity (Wildman–Crippen MR) is 66.8 cm³/mol. The number of benzene rings is 1. The zero-order valence-electron chi connectivity index (χ0n) is 9.54. The van der Waals surface area contributed by atoms with Gasteiger partial charge in [0.1, 0.15) is 0 Å². The standard InChI is InChI=1S/C12H10Cl2O4/c1-2-4-9(15)11(16)18-12(17)10-7(13)5-3-6-8(10)14/h3,5-6H,2,4H2,1H3. The van der Waals surface area contributed by atoms with Crippen molar-refractivity contribution in [2.45, 2.75) is 19.8 Å². The second-order valence-electron chi connectivity index (χ2n) is 3.45. The number of esters is 2. The fourth-order valence-corrected chi connectivity index (χ4v) is 1.77. The van der Waals surface area contributed by atoms with Crippen molar-refractivity contribution in [3.63, 3.8) is 0 Å². The highest BCUT2D eigenvalue weighted by Crippen LogP contribution is 2.24. The molecule has 0 bridgehead atoms. The molecule has 0 atom stereocenters. The van der Waals surface area contributed by atoms with E-state index in [0.717, 1.165) is 0 Å². The molecule has 0 saturated heterocycles. The maximum Gasteiger partial charge on any atom is 0.382 e. The Hall–Kier alpha value is -1.39.